The van der Waals surface area contributed by atoms with Crippen LogP contribution >= 0.6 is 11.6 Å². The van der Waals surface area contributed by atoms with Gasteiger partial charge in [0.15, 0.2) is 0 Å². The van der Waals surface area contributed by atoms with Gasteiger partial charge in [-0.15, -0.1) is 0 Å². The molecule has 2 aromatic rings. The van der Waals surface area contributed by atoms with E-state index in [1.165, 1.54) is 31.1 Å². The fourth-order valence-corrected chi connectivity index (χ4v) is 5.63. The first-order chi connectivity index (χ1) is 17.0. The molecule has 4 rings (SSSR count). The number of esters is 1. The maximum atomic E-state index is 12.4. The van der Waals surface area contributed by atoms with E-state index in [0.29, 0.717) is 29.9 Å². The van der Waals surface area contributed by atoms with Crippen LogP contribution in [0.1, 0.15) is 66.9 Å². The van der Waals surface area contributed by atoms with Crippen molar-refractivity contribution in [3.63, 3.8) is 0 Å². The molecule has 1 aliphatic heterocycles. The van der Waals surface area contributed by atoms with E-state index in [0.717, 1.165) is 61.7 Å². The zero-order chi connectivity index (χ0) is 24.8. The van der Waals surface area contributed by atoms with Crippen LogP contribution in [0, 0.1) is 17.8 Å². The summed E-state index contributed by atoms with van der Waals surface area (Å²) in [6.07, 6.45) is 7.44. The van der Waals surface area contributed by atoms with Crippen molar-refractivity contribution in [3.05, 3.63) is 58.1 Å². The molecule has 1 heterocycles. The third-order valence-corrected chi connectivity index (χ3v) is 8.08. The normalized spacial score (nSPS) is 21.0. The lowest BCUT2D eigenvalue weighted by molar-refractivity contribution is 0.0600. The van der Waals surface area contributed by atoms with Crippen LogP contribution in [-0.4, -0.2) is 37.9 Å². The molecule has 3 atom stereocenters. The van der Waals surface area contributed by atoms with Crippen molar-refractivity contribution >= 4 is 23.3 Å². The van der Waals surface area contributed by atoms with Crippen LogP contribution in [0.4, 0.5) is 5.69 Å². The average Bonchev–Trinajstić information content (AvgIpc) is 2.89. The summed E-state index contributed by atoms with van der Waals surface area (Å²) in [4.78, 5) is 14.8. The lowest BCUT2D eigenvalue weighted by Gasteiger charge is -2.42. The second-order valence-electron chi connectivity index (χ2n) is 10.1. The number of benzene rings is 2. The Bertz CT molecular complexity index is 1010. The van der Waals surface area contributed by atoms with Crippen LogP contribution in [-0.2, 0) is 17.7 Å². The molecule has 6 heteroatoms. The van der Waals surface area contributed by atoms with Crippen molar-refractivity contribution in [1.82, 2.24) is 0 Å². The quantitative estimate of drug-likeness (QED) is 0.454. The van der Waals surface area contributed by atoms with Crippen molar-refractivity contribution in [2.45, 2.75) is 58.4 Å². The number of carbonyl (C=O) groups excluding carboxylic acids is 1. The highest BCUT2D eigenvalue weighted by Crippen LogP contribution is 2.42. The number of hydrogen-bond donors (Lipinski definition) is 1. The van der Waals surface area contributed by atoms with Gasteiger partial charge in [0.2, 0.25) is 0 Å². The fraction of sp³-hybridized carbons (Fsp3) is 0.552. The van der Waals surface area contributed by atoms with Crippen LogP contribution in [0.3, 0.4) is 0 Å². The van der Waals surface area contributed by atoms with Crippen LogP contribution < -0.4 is 9.64 Å². The van der Waals surface area contributed by atoms with Gasteiger partial charge in [-0.05, 0) is 97.7 Å². The molecular weight excluding hydrogens is 462 g/mol. The lowest BCUT2D eigenvalue weighted by atomic mass is 9.69. The van der Waals surface area contributed by atoms with Crippen molar-refractivity contribution < 1.29 is 19.4 Å². The average molecular weight is 500 g/mol. The number of fused-ring (bicyclic) bond motifs is 2. The Morgan fingerprint density at radius 1 is 1.17 bits per heavy atom. The highest BCUT2D eigenvalue weighted by atomic mass is 35.5. The van der Waals surface area contributed by atoms with Gasteiger partial charge in [-0.2, -0.15) is 0 Å². The minimum Gasteiger partial charge on any atom is -0.491 e. The molecular formula is C29H38ClNO4. The van der Waals surface area contributed by atoms with Gasteiger partial charge in [-0.25, -0.2) is 4.79 Å². The Kier molecular flexibility index (Phi) is 8.96. The number of methoxy groups -OCH3 is 1. The number of aryl methyl sites for hydroxylation is 1. The van der Waals surface area contributed by atoms with E-state index in [9.17, 15) is 9.90 Å². The Balaban J connectivity index is 1.69. The molecule has 5 nitrogen and oxygen atoms in total. The SMILES string of the molecule is CCC(CO)C[C@@H]1CC[C@H]1CN1Cc2ccc(Cl)cc2CCCCOc2ccc(C(=O)OC)cc21. The molecule has 35 heavy (non-hydrogen) atoms. The third kappa shape index (κ3) is 6.31. The van der Waals surface area contributed by atoms with E-state index < -0.39 is 0 Å². The molecule has 0 spiro atoms. The maximum absolute atomic E-state index is 12.4. The van der Waals surface area contributed by atoms with E-state index in [4.69, 9.17) is 21.1 Å². The third-order valence-electron chi connectivity index (χ3n) is 7.85. The maximum Gasteiger partial charge on any atom is 0.337 e. The van der Waals surface area contributed by atoms with Gasteiger partial charge in [0.05, 0.1) is 25.0 Å². The molecule has 1 saturated carbocycles. The largest absolute Gasteiger partial charge is 0.491 e. The highest BCUT2D eigenvalue weighted by Gasteiger charge is 2.34. The number of anilines is 1. The zero-order valence-corrected chi connectivity index (χ0v) is 21.7. The molecule has 2 aliphatic rings. The highest BCUT2D eigenvalue weighted by molar-refractivity contribution is 6.30. The van der Waals surface area contributed by atoms with Gasteiger partial charge in [0.1, 0.15) is 5.75 Å². The number of halogens is 1. The molecule has 0 radical (unpaired) electrons. The van der Waals surface area contributed by atoms with Gasteiger partial charge in [-0.1, -0.05) is 31.0 Å². The molecule has 1 aliphatic carbocycles. The minimum atomic E-state index is -0.343. The van der Waals surface area contributed by atoms with E-state index in [1.54, 1.807) is 6.07 Å². The number of rotatable bonds is 7. The van der Waals surface area contributed by atoms with Crippen molar-refractivity contribution in [1.29, 1.82) is 0 Å². The Labute approximate surface area is 214 Å². The molecule has 190 valence electrons. The molecule has 2 aromatic carbocycles. The first-order valence-corrected chi connectivity index (χ1v) is 13.4. The molecule has 0 saturated heterocycles. The standard InChI is InChI=1S/C29H38ClNO4/c1-3-20(19-32)14-22-7-8-24(22)17-31-18-25-9-11-26(30)15-21(25)6-4-5-13-35-28-12-10-23(16-27(28)31)29(33)34-2/h9-12,15-16,20,22,24,32H,3-8,13-14,17-19H2,1-2H3/t20?,22-,24-/m0/s1. The summed E-state index contributed by atoms with van der Waals surface area (Å²) < 4.78 is 11.3. The van der Waals surface area contributed by atoms with Crippen LogP contribution in [0.2, 0.25) is 5.02 Å². The van der Waals surface area contributed by atoms with Gasteiger partial charge >= 0.3 is 5.97 Å². The number of nitrogens with zero attached hydrogens (tertiary/aromatic N) is 1. The number of carbonyl (C=O) groups is 1. The van der Waals surface area contributed by atoms with Crippen molar-refractivity contribution in [2.75, 3.05) is 31.8 Å². The molecule has 1 unspecified atom stereocenters. The second-order valence-corrected chi connectivity index (χ2v) is 10.5. The Morgan fingerprint density at radius 2 is 2.00 bits per heavy atom. The molecule has 1 N–H and O–H groups in total. The summed E-state index contributed by atoms with van der Waals surface area (Å²) in [5.74, 6) is 2.00. The Morgan fingerprint density at radius 3 is 2.71 bits per heavy atom. The van der Waals surface area contributed by atoms with E-state index >= 15 is 0 Å². The summed E-state index contributed by atoms with van der Waals surface area (Å²) in [6.45, 7) is 4.67. The smallest absolute Gasteiger partial charge is 0.337 e. The predicted octanol–water partition coefficient (Wildman–Crippen LogP) is 6.28. The predicted molar refractivity (Wildman–Crippen MR) is 140 cm³/mol. The second kappa shape index (κ2) is 12.1. The van der Waals surface area contributed by atoms with Gasteiger partial charge in [0, 0.05) is 24.7 Å². The summed E-state index contributed by atoms with van der Waals surface area (Å²) in [5, 5.41) is 10.5. The van der Waals surface area contributed by atoms with Crippen molar-refractivity contribution in [3.8, 4) is 5.75 Å². The van der Waals surface area contributed by atoms with E-state index in [2.05, 4.69) is 24.0 Å². The number of aliphatic hydroxyl groups excluding tert-OH is 1. The van der Waals surface area contributed by atoms with Crippen molar-refractivity contribution in [2.24, 2.45) is 17.8 Å². The van der Waals surface area contributed by atoms with Gasteiger partial charge < -0.3 is 19.5 Å². The molecule has 0 amide bonds. The van der Waals surface area contributed by atoms with Crippen LogP contribution in [0.5, 0.6) is 5.75 Å². The summed E-state index contributed by atoms with van der Waals surface area (Å²) in [7, 11) is 1.41. The minimum absolute atomic E-state index is 0.261. The summed E-state index contributed by atoms with van der Waals surface area (Å²) in [5.41, 5.74) is 4.02. The van der Waals surface area contributed by atoms with Gasteiger partial charge in [0.25, 0.3) is 0 Å². The first kappa shape index (κ1) is 25.8. The Hall–Kier alpha value is -2.24. The molecule has 0 aromatic heterocycles. The van der Waals surface area contributed by atoms with Crippen LogP contribution in [0.15, 0.2) is 36.4 Å². The van der Waals surface area contributed by atoms with E-state index in [-0.39, 0.29) is 12.6 Å². The fourth-order valence-electron chi connectivity index (χ4n) is 5.44. The number of aliphatic hydroxyl groups is 1. The number of hydrogen-bond acceptors (Lipinski definition) is 5. The monoisotopic (exact) mass is 499 g/mol. The zero-order valence-electron chi connectivity index (χ0n) is 21.0. The lowest BCUT2D eigenvalue weighted by Crippen LogP contribution is -2.39. The summed E-state index contributed by atoms with van der Waals surface area (Å²) in [6, 6.07) is 11.8. The summed E-state index contributed by atoms with van der Waals surface area (Å²) >= 11 is 6.37. The topological polar surface area (TPSA) is 59.0 Å². The van der Waals surface area contributed by atoms with E-state index in [1.807, 2.05) is 18.2 Å². The first-order valence-electron chi connectivity index (χ1n) is 13.0. The molecule has 0 bridgehead atoms. The number of ether oxygens (including phenoxy) is 2. The van der Waals surface area contributed by atoms with Gasteiger partial charge in [-0.3, -0.25) is 0 Å². The molecule has 1 fully saturated rings. The van der Waals surface area contributed by atoms with Crippen LogP contribution in [0.25, 0.3) is 0 Å².